The summed E-state index contributed by atoms with van der Waals surface area (Å²) in [7, 11) is 1.97. The topological polar surface area (TPSA) is 69.6 Å². The van der Waals surface area contributed by atoms with Crippen molar-refractivity contribution in [3.05, 3.63) is 71.5 Å². The van der Waals surface area contributed by atoms with Gasteiger partial charge < -0.3 is 15.5 Å². The van der Waals surface area contributed by atoms with Crippen molar-refractivity contribution >= 4 is 5.97 Å². The summed E-state index contributed by atoms with van der Waals surface area (Å²) in [5, 5.41) is 21.3. The number of aliphatic hydroxyl groups is 1. The van der Waals surface area contributed by atoms with Crippen LogP contribution in [0.25, 0.3) is 0 Å². The van der Waals surface area contributed by atoms with Gasteiger partial charge in [0.25, 0.3) is 0 Å². The Labute approximate surface area is 147 Å². The molecule has 0 saturated heterocycles. The molecule has 0 bridgehead atoms. The van der Waals surface area contributed by atoms with Crippen LogP contribution >= 0.6 is 0 Å². The van der Waals surface area contributed by atoms with E-state index in [1.807, 2.05) is 13.1 Å². The number of carboxylic acid groups (broad SMARTS) is 1. The van der Waals surface area contributed by atoms with Crippen molar-refractivity contribution in [1.29, 1.82) is 0 Å². The van der Waals surface area contributed by atoms with Crippen LogP contribution in [-0.2, 0) is 10.2 Å². The van der Waals surface area contributed by atoms with Crippen molar-refractivity contribution in [3.8, 4) is 0 Å². The van der Waals surface area contributed by atoms with Crippen LogP contribution in [0.3, 0.4) is 0 Å². The summed E-state index contributed by atoms with van der Waals surface area (Å²) in [6, 6.07) is 16.3. The zero-order chi connectivity index (χ0) is 18.4. The van der Waals surface area contributed by atoms with Crippen molar-refractivity contribution in [2.45, 2.75) is 24.8 Å². The van der Waals surface area contributed by atoms with E-state index in [0.717, 1.165) is 0 Å². The summed E-state index contributed by atoms with van der Waals surface area (Å²) in [4.78, 5) is 11.1. The molecular weight excluding hydrogens is 321 g/mol. The number of benzene rings is 2. The van der Waals surface area contributed by atoms with Crippen molar-refractivity contribution in [1.82, 2.24) is 5.32 Å². The average molecular weight is 345 g/mol. The Morgan fingerprint density at radius 2 is 1.84 bits per heavy atom. The van der Waals surface area contributed by atoms with Gasteiger partial charge in [-0.05, 0) is 43.7 Å². The Morgan fingerprint density at radius 1 is 1.24 bits per heavy atom. The zero-order valence-electron chi connectivity index (χ0n) is 14.4. The van der Waals surface area contributed by atoms with E-state index < -0.39 is 11.4 Å². The largest absolute Gasteiger partial charge is 0.481 e. The quantitative estimate of drug-likeness (QED) is 0.779. The average Bonchev–Trinajstić information content (AvgIpc) is 3.39. The third-order valence-electron chi connectivity index (χ3n) is 4.80. The normalized spacial score (nSPS) is 22.5. The molecule has 1 unspecified atom stereocenters. The standard InChI is InChI=1S/C11H11FO3.C9H13N/c12-9-3-1-7(2-4-9)11(10(14)15)5-8(11)6-13;1-8(10-2)9-6-4-3-5-7-9/h1-4,8,13H,5-6H2,(H,14,15);3-8,10H,1-2H3/t8-,11+;/m0./s1. The molecule has 2 aromatic rings. The van der Waals surface area contributed by atoms with Gasteiger partial charge in [-0.3, -0.25) is 4.79 Å². The SMILES string of the molecule is CNC(C)c1ccccc1.O=C(O)[C@@]1(c2ccc(F)cc2)C[C@H]1CO. The van der Waals surface area contributed by atoms with E-state index in [1.165, 1.54) is 29.8 Å². The third-order valence-corrected chi connectivity index (χ3v) is 4.80. The van der Waals surface area contributed by atoms with Gasteiger partial charge in [-0.25, -0.2) is 4.39 Å². The lowest BCUT2D eigenvalue weighted by atomic mass is 9.93. The van der Waals surface area contributed by atoms with Crippen molar-refractivity contribution < 1.29 is 19.4 Å². The molecule has 0 spiro atoms. The van der Waals surface area contributed by atoms with E-state index >= 15 is 0 Å². The lowest BCUT2D eigenvalue weighted by Gasteiger charge is -2.11. The molecule has 0 heterocycles. The van der Waals surface area contributed by atoms with Crippen LogP contribution in [0.2, 0.25) is 0 Å². The lowest BCUT2D eigenvalue weighted by Crippen LogP contribution is -2.23. The Hall–Kier alpha value is -2.24. The molecule has 3 atom stereocenters. The molecule has 25 heavy (non-hydrogen) atoms. The van der Waals surface area contributed by atoms with Crippen LogP contribution in [-0.4, -0.2) is 29.8 Å². The number of nitrogens with one attached hydrogen (secondary N) is 1. The molecule has 3 N–H and O–H groups in total. The molecule has 134 valence electrons. The number of halogens is 1. The molecule has 2 aromatic carbocycles. The Bertz CT molecular complexity index is 690. The van der Waals surface area contributed by atoms with Gasteiger partial charge in [-0.2, -0.15) is 0 Å². The zero-order valence-corrected chi connectivity index (χ0v) is 14.4. The highest BCUT2D eigenvalue weighted by molar-refractivity contribution is 5.85. The monoisotopic (exact) mass is 345 g/mol. The molecule has 1 fully saturated rings. The molecule has 1 aliphatic carbocycles. The van der Waals surface area contributed by atoms with E-state index in [2.05, 4.69) is 36.5 Å². The number of aliphatic carboxylic acids is 1. The third kappa shape index (κ3) is 4.24. The van der Waals surface area contributed by atoms with Gasteiger partial charge in [0, 0.05) is 18.6 Å². The highest BCUT2D eigenvalue weighted by atomic mass is 19.1. The van der Waals surface area contributed by atoms with Gasteiger partial charge >= 0.3 is 5.97 Å². The van der Waals surface area contributed by atoms with Crippen LogP contribution in [0.1, 0.15) is 30.5 Å². The second-order valence-electron chi connectivity index (χ2n) is 6.29. The molecule has 1 aliphatic rings. The second-order valence-corrected chi connectivity index (χ2v) is 6.29. The first-order valence-electron chi connectivity index (χ1n) is 8.28. The van der Waals surface area contributed by atoms with Gasteiger partial charge in [-0.15, -0.1) is 0 Å². The summed E-state index contributed by atoms with van der Waals surface area (Å²) < 4.78 is 12.7. The van der Waals surface area contributed by atoms with Gasteiger partial charge in [0.15, 0.2) is 0 Å². The number of hydrogen-bond donors (Lipinski definition) is 3. The first-order valence-corrected chi connectivity index (χ1v) is 8.28. The molecule has 0 aliphatic heterocycles. The van der Waals surface area contributed by atoms with E-state index in [9.17, 15) is 9.18 Å². The first-order chi connectivity index (χ1) is 12.0. The molecule has 0 aromatic heterocycles. The van der Waals surface area contributed by atoms with E-state index in [4.69, 9.17) is 10.2 Å². The highest BCUT2D eigenvalue weighted by Gasteiger charge is 2.61. The smallest absolute Gasteiger partial charge is 0.314 e. The fourth-order valence-corrected chi connectivity index (χ4v) is 2.94. The maximum atomic E-state index is 12.7. The van der Waals surface area contributed by atoms with Gasteiger partial charge in [0.05, 0.1) is 5.41 Å². The Balaban J connectivity index is 0.000000196. The molecule has 0 amide bonds. The minimum Gasteiger partial charge on any atom is -0.481 e. The molecule has 3 rings (SSSR count). The summed E-state index contributed by atoms with van der Waals surface area (Å²) >= 11 is 0. The maximum absolute atomic E-state index is 12.7. The number of carboxylic acids is 1. The summed E-state index contributed by atoms with van der Waals surface area (Å²) in [6.45, 7) is 2.00. The van der Waals surface area contributed by atoms with Crippen LogP contribution in [0.15, 0.2) is 54.6 Å². The molecular formula is C20H24FNO3. The fourth-order valence-electron chi connectivity index (χ4n) is 2.94. The predicted octanol–water partition coefficient (Wildman–Crippen LogP) is 3.13. The second kappa shape index (κ2) is 8.23. The van der Waals surface area contributed by atoms with Crippen LogP contribution in [0.5, 0.6) is 0 Å². The molecule has 5 heteroatoms. The number of hydrogen-bond acceptors (Lipinski definition) is 3. The molecule has 0 radical (unpaired) electrons. The number of carbonyl (C=O) groups is 1. The van der Waals surface area contributed by atoms with Gasteiger partial charge in [0.2, 0.25) is 0 Å². The van der Waals surface area contributed by atoms with Crippen molar-refractivity contribution in [2.75, 3.05) is 13.7 Å². The Kier molecular flexibility index (Phi) is 6.28. The maximum Gasteiger partial charge on any atom is 0.314 e. The molecule has 4 nitrogen and oxygen atoms in total. The summed E-state index contributed by atoms with van der Waals surface area (Å²) in [6.07, 6.45) is 0.421. The summed E-state index contributed by atoms with van der Waals surface area (Å²) in [5.41, 5.74) is 0.906. The highest BCUT2D eigenvalue weighted by Crippen LogP contribution is 2.54. The minimum atomic E-state index is -0.998. The van der Waals surface area contributed by atoms with Crippen molar-refractivity contribution in [3.63, 3.8) is 0 Å². The van der Waals surface area contributed by atoms with Crippen LogP contribution in [0, 0.1) is 11.7 Å². The fraction of sp³-hybridized carbons (Fsp3) is 0.350. The van der Waals surface area contributed by atoms with E-state index in [-0.39, 0.29) is 18.3 Å². The van der Waals surface area contributed by atoms with E-state index in [0.29, 0.717) is 18.0 Å². The number of aliphatic hydroxyl groups excluding tert-OH is 1. The molecule has 1 saturated carbocycles. The number of rotatable bonds is 5. The predicted molar refractivity (Wildman–Crippen MR) is 94.8 cm³/mol. The van der Waals surface area contributed by atoms with Crippen LogP contribution in [0.4, 0.5) is 4.39 Å². The Morgan fingerprint density at radius 3 is 2.28 bits per heavy atom. The van der Waals surface area contributed by atoms with Gasteiger partial charge in [-0.1, -0.05) is 42.5 Å². The minimum absolute atomic E-state index is 0.149. The van der Waals surface area contributed by atoms with Crippen LogP contribution < -0.4 is 5.32 Å². The lowest BCUT2D eigenvalue weighted by molar-refractivity contribution is -0.140. The van der Waals surface area contributed by atoms with E-state index in [1.54, 1.807) is 0 Å². The first kappa shape index (κ1) is 19.1. The van der Waals surface area contributed by atoms with Crippen molar-refractivity contribution in [2.24, 2.45) is 5.92 Å². The summed E-state index contributed by atoms with van der Waals surface area (Å²) in [5.74, 6) is -1.59. The van der Waals surface area contributed by atoms with Gasteiger partial charge in [0.1, 0.15) is 5.82 Å².